The molecular weight excluding hydrogens is 440 g/mol. The van der Waals surface area contributed by atoms with Gasteiger partial charge in [0.25, 0.3) is 0 Å². The Bertz CT molecular complexity index is 789. The number of unbranched alkanes of at least 4 members (excludes halogenated alkanes) is 18. The van der Waals surface area contributed by atoms with Crippen LogP contribution in [0.4, 0.5) is 0 Å². The van der Waals surface area contributed by atoms with Crippen molar-refractivity contribution in [3.05, 3.63) is 46.5 Å². The van der Waals surface area contributed by atoms with Crippen LogP contribution in [-0.4, -0.2) is 11.6 Å². The van der Waals surface area contributed by atoms with Crippen molar-refractivity contribution < 1.29 is 9.59 Å². The summed E-state index contributed by atoms with van der Waals surface area (Å²) in [5.74, 6) is 0.0102. The van der Waals surface area contributed by atoms with Crippen molar-refractivity contribution in [3.63, 3.8) is 0 Å². The highest BCUT2D eigenvalue weighted by molar-refractivity contribution is 6.22. The van der Waals surface area contributed by atoms with Crippen LogP contribution in [0.1, 0.15) is 174 Å². The Kier molecular flexibility index (Phi) is 16.5. The molecule has 0 aromatic heterocycles. The molecule has 0 radical (unpaired) electrons. The summed E-state index contributed by atoms with van der Waals surface area (Å²) in [6.07, 6.45) is 31.4. The molecule has 1 aromatic rings. The lowest BCUT2D eigenvalue weighted by Crippen LogP contribution is -2.16. The van der Waals surface area contributed by atoms with Gasteiger partial charge in [-0.2, -0.15) is 0 Å². The molecule has 0 bridgehead atoms. The maximum Gasteiger partial charge on any atom is 0.187 e. The fraction of sp³-hybridized carbons (Fsp3) is 0.706. The van der Waals surface area contributed by atoms with Crippen molar-refractivity contribution in [2.75, 3.05) is 0 Å². The third-order valence-corrected chi connectivity index (χ3v) is 7.89. The van der Waals surface area contributed by atoms with Crippen molar-refractivity contribution in [2.24, 2.45) is 0 Å². The second kappa shape index (κ2) is 19.4. The standard InChI is InChI=1S/C34H54O2/c1-3-5-7-9-11-13-15-17-19-21-23-29-25-26-31-32(35)27-28-33(36)34(31)30(29)24-22-20-18-16-14-12-10-8-6-4-2/h25-28H,3-24H2,1-2H3. The summed E-state index contributed by atoms with van der Waals surface area (Å²) in [5.41, 5.74) is 3.81. The molecule has 0 atom stereocenters. The lowest BCUT2D eigenvalue weighted by Gasteiger charge is -2.18. The molecule has 2 nitrogen and oxygen atoms in total. The molecule has 0 amide bonds. The van der Waals surface area contributed by atoms with Crippen molar-refractivity contribution in [3.8, 4) is 0 Å². The van der Waals surface area contributed by atoms with Crippen LogP contribution in [0.25, 0.3) is 0 Å². The van der Waals surface area contributed by atoms with E-state index < -0.39 is 0 Å². The summed E-state index contributed by atoms with van der Waals surface area (Å²) in [5, 5.41) is 0. The summed E-state index contributed by atoms with van der Waals surface area (Å²) < 4.78 is 0. The van der Waals surface area contributed by atoms with Crippen LogP contribution in [0.5, 0.6) is 0 Å². The van der Waals surface area contributed by atoms with Gasteiger partial charge in [-0.1, -0.05) is 142 Å². The molecule has 1 aliphatic carbocycles. The number of benzene rings is 1. The largest absolute Gasteiger partial charge is 0.289 e. The highest BCUT2D eigenvalue weighted by Gasteiger charge is 2.24. The molecule has 0 fully saturated rings. The molecule has 0 N–H and O–H groups in total. The number of ketones is 2. The lowest BCUT2D eigenvalue weighted by molar-refractivity contribution is 0.0993. The van der Waals surface area contributed by atoms with Crippen LogP contribution in [0.15, 0.2) is 24.3 Å². The van der Waals surface area contributed by atoms with E-state index in [1.807, 2.05) is 6.07 Å². The molecule has 2 rings (SSSR count). The molecule has 0 spiro atoms. The fourth-order valence-electron chi connectivity index (χ4n) is 5.61. The second-order valence-corrected chi connectivity index (χ2v) is 11.1. The zero-order chi connectivity index (χ0) is 25.8. The zero-order valence-electron chi connectivity index (χ0n) is 23.7. The topological polar surface area (TPSA) is 34.1 Å². The number of rotatable bonds is 22. The molecule has 0 saturated carbocycles. The lowest BCUT2D eigenvalue weighted by atomic mass is 9.84. The van der Waals surface area contributed by atoms with Gasteiger partial charge in [-0.3, -0.25) is 9.59 Å². The van der Waals surface area contributed by atoms with Gasteiger partial charge in [0.1, 0.15) is 0 Å². The number of aryl methyl sites for hydroxylation is 1. The summed E-state index contributed by atoms with van der Waals surface area (Å²) in [6, 6.07) is 4.05. The Morgan fingerprint density at radius 2 is 0.889 bits per heavy atom. The maximum absolute atomic E-state index is 12.8. The molecule has 0 heterocycles. The first-order valence-electron chi connectivity index (χ1n) is 15.6. The molecule has 2 heteroatoms. The molecule has 0 saturated heterocycles. The van der Waals surface area contributed by atoms with Crippen molar-refractivity contribution >= 4 is 11.6 Å². The number of hydrogen-bond acceptors (Lipinski definition) is 2. The normalized spacial score (nSPS) is 12.9. The molecule has 1 aliphatic rings. The summed E-state index contributed by atoms with van der Waals surface area (Å²) in [4.78, 5) is 25.2. The highest BCUT2D eigenvalue weighted by atomic mass is 16.1. The third-order valence-electron chi connectivity index (χ3n) is 7.89. The van der Waals surface area contributed by atoms with Gasteiger partial charge < -0.3 is 0 Å². The first-order chi connectivity index (χ1) is 17.7. The van der Waals surface area contributed by atoms with Gasteiger partial charge in [-0.05, 0) is 49.0 Å². The monoisotopic (exact) mass is 494 g/mol. The van der Waals surface area contributed by atoms with Crippen LogP contribution < -0.4 is 0 Å². The van der Waals surface area contributed by atoms with Gasteiger partial charge in [0, 0.05) is 11.1 Å². The summed E-state index contributed by atoms with van der Waals surface area (Å²) in [7, 11) is 0. The van der Waals surface area contributed by atoms with Crippen LogP contribution in [0.2, 0.25) is 0 Å². The van der Waals surface area contributed by atoms with Gasteiger partial charge in [0.05, 0.1) is 0 Å². The SMILES string of the molecule is CCCCCCCCCCCCc1ccc2c(c1CCCCCCCCCCCC)C(=O)C=CC2=O. The minimum atomic E-state index is -0.0144. The maximum atomic E-state index is 12.8. The Hall–Kier alpha value is -1.70. The quantitative estimate of drug-likeness (QED) is 0.150. The Balaban J connectivity index is 1.79. The molecule has 202 valence electrons. The highest BCUT2D eigenvalue weighted by Crippen LogP contribution is 2.28. The third kappa shape index (κ3) is 11.6. The van der Waals surface area contributed by atoms with E-state index in [9.17, 15) is 9.59 Å². The zero-order valence-corrected chi connectivity index (χ0v) is 23.7. The van der Waals surface area contributed by atoms with E-state index >= 15 is 0 Å². The Labute approximate surface area is 222 Å². The van der Waals surface area contributed by atoms with E-state index in [0.29, 0.717) is 11.1 Å². The molecule has 1 aromatic carbocycles. The first-order valence-corrected chi connectivity index (χ1v) is 15.6. The van der Waals surface area contributed by atoms with E-state index in [1.54, 1.807) is 0 Å². The van der Waals surface area contributed by atoms with Gasteiger partial charge in [-0.25, -0.2) is 0 Å². The fourth-order valence-corrected chi connectivity index (χ4v) is 5.61. The molecule has 0 aliphatic heterocycles. The average Bonchev–Trinajstić information content (AvgIpc) is 2.88. The summed E-state index contributed by atoms with van der Waals surface area (Å²) in [6.45, 7) is 4.54. The van der Waals surface area contributed by atoms with E-state index in [2.05, 4.69) is 19.9 Å². The first kappa shape index (κ1) is 30.5. The van der Waals surface area contributed by atoms with E-state index in [4.69, 9.17) is 0 Å². The van der Waals surface area contributed by atoms with Crippen molar-refractivity contribution in [1.29, 1.82) is 0 Å². The minimum absolute atomic E-state index is 0.0144. The molecule has 0 unspecified atom stereocenters. The van der Waals surface area contributed by atoms with Crippen molar-refractivity contribution in [1.82, 2.24) is 0 Å². The number of carbonyl (C=O) groups excluding carboxylic acids is 2. The second-order valence-electron chi connectivity index (χ2n) is 11.1. The summed E-state index contributed by atoms with van der Waals surface area (Å²) >= 11 is 0. The van der Waals surface area contributed by atoms with E-state index in [0.717, 1.165) is 19.3 Å². The molecular formula is C34H54O2. The van der Waals surface area contributed by atoms with Crippen LogP contribution in [0, 0.1) is 0 Å². The predicted molar refractivity (Wildman–Crippen MR) is 155 cm³/mol. The number of allylic oxidation sites excluding steroid dienone is 2. The van der Waals surface area contributed by atoms with Gasteiger partial charge in [0.2, 0.25) is 0 Å². The van der Waals surface area contributed by atoms with Crippen LogP contribution in [0.3, 0.4) is 0 Å². The Morgan fingerprint density at radius 1 is 0.472 bits per heavy atom. The van der Waals surface area contributed by atoms with Gasteiger partial charge in [0.15, 0.2) is 11.6 Å². The number of fused-ring (bicyclic) bond motifs is 1. The Morgan fingerprint density at radius 3 is 1.39 bits per heavy atom. The van der Waals surface area contributed by atoms with Crippen molar-refractivity contribution in [2.45, 2.75) is 155 Å². The smallest absolute Gasteiger partial charge is 0.187 e. The average molecular weight is 495 g/mol. The van der Waals surface area contributed by atoms with E-state index in [-0.39, 0.29) is 11.6 Å². The van der Waals surface area contributed by atoms with Crippen LogP contribution in [-0.2, 0) is 12.8 Å². The van der Waals surface area contributed by atoms with Gasteiger partial charge >= 0.3 is 0 Å². The van der Waals surface area contributed by atoms with E-state index in [1.165, 1.54) is 145 Å². The van der Waals surface area contributed by atoms with Crippen LogP contribution >= 0.6 is 0 Å². The molecule has 36 heavy (non-hydrogen) atoms. The number of carbonyl (C=O) groups is 2. The predicted octanol–water partition coefficient (Wildman–Crippen LogP) is 10.5. The minimum Gasteiger partial charge on any atom is -0.289 e. The number of hydrogen-bond donors (Lipinski definition) is 0. The van der Waals surface area contributed by atoms with Gasteiger partial charge in [-0.15, -0.1) is 0 Å².